The van der Waals surface area contributed by atoms with E-state index in [2.05, 4.69) is 45.1 Å². The third kappa shape index (κ3) is 4.38. The van der Waals surface area contributed by atoms with Crippen LogP contribution < -0.4 is 4.90 Å². The molecule has 166 valence electrons. The van der Waals surface area contributed by atoms with Gasteiger partial charge in [-0.2, -0.15) is 0 Å². The molecular weight excluding hydrogens is 414 g/mol. The molecule has 0 spiro atoms. The number of carboxylic acids is 1. The number of hydrogen-bond donors (Lipinski definition) is 2. The lowest BCUT2D eigenvalue weighted by Crippen LogP contribution is -2.46. The van der Waals surface area contributed by atoms with Crippen LogP contribution in [0.2, 0.25) is 0 Å². The van der Waals surface area contributed by atoms with Gasteiger partial charge in [-0.3, -0.25) is 9.88 Å². The number of anilines is 1. The van der Waals surface area contributed by atoms with Gasteiger partial charge in [0.05, 0.1) is 11.8 Å². The molecule has 0 radical (unpaired) electrons. The van der Waals surface area contributed by atoms with Crippen molar-refractivity contribution in [2.24, 2.45) is 0 Å². The van der Waals surface area contributed by atoms with E-state index in [1.165, 1.54) is 17.1 Å². The lowest BCUT2D eigenvalue weighted by atomic mass is 9.95. The van der Waals surface area contributed by atoms with Gasteiger partial charge in [0.1, 0.15) is 5.75 Å². The Morgan fingerprint density at radius 1 is 0.879 bits per heavy atom. The fourth-order valence-electron chi connectivity index (χ4n) is 4.55. The highest BCUT2D eigenvalue weighted by Gasteiger charge is 2.19. The van der Waals surface area contributed by atoms with Crippen molar-refractivity contribution in [2.75, 3.05) is 31.1 Å². The van der Waals surface area contributed by atoms with Crippen LogP contribution in [0, 0.1) is 0 Å². The van der Waals surface area contributed by atoms with E-state index in [-0.39, 0.29) is 5.75 Å². The van der Waals surface area contributed by atoms with Crippen molar-refractivity contribution >= 4 is 22.4 Å². The summed E-state index contributed by atoms with van der Waals surface area (Å²) in [6.45, 7) is 4.54. The monoisotopic (exact) mass is 439 g/mol. The van der Waals surface area contributed by atoms with E-state index < -0.39 is 5.97 Å². The lowest BCUT2D eigenvalue weighted by molar-refractivity contribution is 0.0697. The highest BCUT2D eigenvalue weighted by Crippen LogP contribution is 2.32. The number of carboxylic acid groups (broad SMARTS) is 1. The molecule has 0 unspecified atom stereocenters. The third-order valence-corrected chi connectivity index (χ3v) is 6.29. The van der Waals surface area contributed by atoms with Crippen molar-refractivity contribution in [3.05, 3.63) is 90.3 Å². The lowest BCUT2D eigenvalue weighted by Gasteiger charge is -2.36. The Hall–Kier alpha value is -3.90. The van der Waals surface area contributed by atoms with Gasteiger partial charge in [-0.05, 0) is 52.2 Å². The number of nitrogens with zero attached hydrogens (tertiary/aromatic N) is 3. The first-order chi connectivity index (χ1) is 16.1. The standard InChI is InChI=1S/C27H25N3O3/c31-23-15-21(16-28-17-23)25-10-7-20(24-3-1-2-4-26(24)25)18-29-11-13-30(14-12-29)22-8-5-19(6-9-22)27(32)33/h1-10,15-17,31H,11-14,18H2,(H,32,33). The minimum Gasteiger partial charge on any atom is -0.506 e. The molecule has 3 aromatic carbocycles. The maximum absolute atomic E-state index is 11.1. The molecule has 1 aromatic heterocycles. The van der Waals surface area contributed by atoms with Gasteiger partial charge in [0, 0.05) is 50.2 Å². The maximum atomic E-state index is 11.1. The van der Waals surface area contributed by atoms with E-state index in [1.807, 2.05) is 18.2 Å². The zero-order valence-electron chi connectivity index (χ0n) is 18.2. The number of aromatic nitrogens is 1. The highest BCUT2D eigenvalue weighted by atomic mass is 16.4. The van der Waals surface area contributed by atoms with Crippen LogP contribution in [0.1, 0.15) is 15.9 Å². The number of aromatic carboxylic acids is 1. The van der Waals surface area contributed by atoms with Gasteiger partial charge < -0.3 is 15.1 Å². The van der Waals surface area contributed by atoms with Gasteiger partial charge in [0.25, 0.3) is 0 Å². The average molecular weight is 440 g/mol. The zero-order valence-corrected chi connectivity index (χ0v) is 18.2. The third-order valence-electron chi connectivity index (χ3n) is 6.29. The molecule has 6 nitrogen and oxygen atoms in total. The van der Waals surface area contributed by atoms with Gasteiger partial charge in [0.2, 0.25) is 0 Å². The van der Waals surface area contributed by atoms with Crippen LogP contribution in [-0.4, -0.2) is 52.2 Å². The second kappa shape index (κ2) is 8.92. The van der Waals surface area contributed by atoms with Crippen molar-refractivity contribution in [2.45, 2.75) is 6.54 Å². The van der Waals surface area contributed by atoms with Crippen LogP contribution in [0.5, 0.6) is 5.75 Å². The molecule has 0 aliphatic carbocycles. The molecule has 4 aromatic rings. The molecule has 2 N–H and O–H groups in total. The molecular formula is C27H25N3O3. The number of piperazine rings is 1. The summed E-state index contributed by atoms with van der Waals surface area (Å²) in [6.07, 6.45) is 3.23. The quantitative estimate of drug-likeness (QED) is 0.472. The van der Waals surface area contributed by atoms with Crippen molar-refractivity contribution in [1.82, 2.24) is 9.88 Å². The first kappa shape index (κ1) is 21.0. The molecule has 0 atom stereocenters. The summed E-state index contributed by atoms with van der Waals surface area (Å²) in [7, 11) is 0. The fraction of sp³-hybridized carbons (Fsp3) is 0.185. The predicted octanol–water partition coefficient (Wildman–Crippen LogP) is 4.63. The average Bonchev–Trinajstić information content (AvgIpc) is 2.85. The van der Waals surface area contributed by atoms with Crippen LogP contribution in [0.4, 0.5) is 5.69 Å². The molecule has 6 heteroatoms. The summed E-state index contributed by atoms with van der Waals surface area (Å²) >= 11 is 0. The highest BCUT2D eigenvalue weighted by molar-refractivity contribution is 5.98. The molecule has 33 heavy (non-hydrogen) atoms. The summed E-state index contributed by atoms with van der Waals surface area (Å²) in [4.78, 5) is 20.0. The molecule has 5 rings (SSSR count). The largest absolute Gasteiger partial charge is 0.506 e. The van der Waals surface area contributed by atoms with E-state index in [0.29, 0.717) is 5.56 Å². The van der Waals surface area contributed by atoms with E-state index in [0.717, 1.165) is 54.9 Å². The summed E-state index contributed by atoms with van der Waals surface area (Å²) in [5, 5.41) is 21.3. The van der Waals surface area contributed by atoms with Crippen LogP contribution >= 0.6 is 0 Å². The molecule has 1 aliphatic heterocycles. The van der Waals surface area contributed by atoms with Crippen molar-refractivity contribution in [1.29, 1.82) is 0 Å². The number of aromatic hydroxyl groups is 1. The number of rotatable bonds is 5. The van der Waals surface area contributed by atoms with E-state index in [9.17, 15) is 9.90 Å². The summed E-state index contributed by atoms with van der Waals surface area (Å²) in [5.74, 6) is -0.735. The van der Waals surface area contributed by atoms with Crippen LogP contribution in [0.25, 0.3) is 21.9 Å². The predicted molar refractivity (Wildman–Crippen MR) is 130 cm³/mol. The van der Waals surface area contributed by atoms with Gasteiger partial charge in [-0.15, -0.1) is 0 Å². The van der Waals surface area contributed by atoms with Gasteiger partial charge in [-0.1, -0.05) is 36.4 Å². The van der Waals surface area contributed by atoms with Crippen molar-refractivity contribution < 1.29 is 15.0 Å². The molecule has 1 saturated heterocycles. The van der Waals surface area contributed by atoms with Gasteiger partial charge in [0.15, 0.2) is 0 Å². The minimum atomic E-state index is -0.898. The van der Waals surface area contributed by atoms with Crippen LogP contribution in [0.3, 0.4) is 0 Å². The normalized spacial score (nSPS) is 14.5. The molecule has 0 amide bonds. The zero-order chi connectivity index (χ0) is 22.8. The SMILES string of the molecule is O=C(O)c1ccc(N2CCN(Cc3ccc(-c4cncc(O)c4)c4ccccc34)CC2)cc1. The summed E-state index contributed by atoms with van der Waals surface area (Å²) in [5.41, 5.74) is 4.62. The minimum absolute atomic E-state index is 0.163. The summed E-state index contributed by atoms with van der Waals surface area (Å²) < 4.78 is 0. The van der Waals surface area contributed by atoms with Crippen molar-refractivity contribution in [3.8, 4) is 16.9 Å². The molecule has 2 heterocycles. The van der Waals surface area contributed by atoms with Gasteiger partial charge >= 0.3 is 5.97 Å². The smallest absolute Gasteiger partial charge is 0.335 e. The van der Waals surface area contributed by atoms with E-state index >= 15 is 0 Å². The Kier molecular flexibility index (Phi) is 5.67. The fourth-order valence-corrected chi connectivity index (χ4v) is 4.55. The molecule has 0 bridgehead atoms. The van der Waals surface area contributed by atoms with Crippen LogP contribution in [-0.2, 0) is 6.54 Å². The molecule has 1 fully saturated rings. The second-order valence-electron chi connectivity index (χ2n) is 8.36. The molecule has 0 saturated carbocycles. The van der Waals surface area contributed by atoms with Crippen molar-refractivity contribution in [3.63, 3.8) is 0 Å². The number of pyridine rings is 1. The van der Waals surface area contributed by atoms with E-state index in [1.54, 1.807) is 24.4 Å². The van der Waals surface area contributed by atoms with E-state index in [4.69, 9.17) is 5.11 Å². The first-order valence-electron chi connectivity index (χ1n) is 11.0. The number of hydrogen-bond acceptors (Lipinski definition) is 5. The molecule has 1 aliphatic rings. The second-order valence-corrected chi connectivity index (χ2v) is 8.36. The number of carbonyl (C=O) groups is 1. The number of fused-ring (bicyclic) bond motifs is 1. The maximum Gasteiger partial charge on any atom is 0.335 e. The Morgan fingerprint density at radius 3 is 2.30 bits per heavy atom. The number of benzene rings is 3. The Bertz CT molecular complexity index is 1300. The summed E-state index contributed by atoms with van der Waals surface area (Å²) in [6, 6.07) is 21.5. The Balaban J connectivity index is 1.32. The van der Waals surface area contributed by atoms with Crippen LogP contribution in [0.15, 0.2) is 79.1 Å². The first-order valence-corrected chi connectivity index (χ1v) is 11.0. The van der Waals surface area contributed by atoms with Gasteiger partial charge in [-0.25, -0.2) is 4.79 Å². The Morgan fingerprint density at radius 2 is 1.61 bits per heavy atom. The Labute approximate surface area is 192 Å². The topological polar surface area (TPSA) is 76.9 Å².